The van der Waals surface area contributed by atoms with Gasteiger partial charge < -0.3 is 14.4 Å². The average Bonchev–Trinajstić information content (AvgIpc) is 3.57. The molecule has 2 fully saturated rings. The standard InChI is InChI=1S/C29H33ClN6O4/c1-3-17-7-9-18(10-8-17)16-36-23-22(19-5-4-6-21(30)15-19)31-25(26-34-28(37)40-35-26)32-24(23)33-27(36)29(2,38)20-11-13-39-14-12-20/h3-6,15,17-18,20,38H,1,7-14,16H2,2H3,(H,34,35,37)/t17-,18-,29?. The van der Waals surface area contributed by atoms with E-state index in [2.05, 4.69) is 27.4 Å². The first-order chi connectivity index (χ1) is 19.3. The number of hydrogen-bond acceptors (Lipinski definition) is 8. The molecule has 3 aromatic heterocycles. The van der Waals surface area contributed by atoms with Gasteiger partial charge in [-0.2, -0.15) is 0 Å². The van der Waals surface area contributed by atoms with Crippen LogP contribution in [0.3, 0.4) is 0 Å². The van der Waals surface area contributed by atoms with Crippen molar-refractivity contribution in [2.24, 2.45) is 17.8 Å². The van der Waals surface area contributed by atoms with Crippen molar-refractivity contribution in [1.29, 1.82) is 0 Å². The Bertz CT molecular complexity index is 1580. The monoisotopic (exact) mass is 564 g/mol. The topological polar surface area (TPSA) is 132 Å². The number of aromatic nitrogens is 6. The molecule has 11 heteroatoms. The third kappa shape index (κ3) is 5.11. The summed E-state index contributed by atoms with van der Waals surface area (Å²) >= 11 is 6.41. The summed E-state index contributed by atoms with van der Waals surface area (Å²) in [6.07, 6.45) is 7.83. The molecule has 210 valence electrons. The van der Waals surface area contributed by atoms with Crippen LogP contribution < -0.4 is 5.76 Å². The van der Waals surface area contributed by atoms with Gasteiger partial charge in [-0.05, 0) is 75.3 Å². The number of rotatable bonds is 7. The summed E-state index contributed by atoms with van der Waals surface area (Å²) in [7, 11) is 0. The highest BCUT2D eigenvalue weighted by Gasteiger charge is 2.40. The molecule has 1 saturated heterocycles. The summed E-state index contributed by atoms with van der Waals surface area (Å²) in [6, 6.07) is 7.42. The summed E-state index contributed by atoms with van der Waals surface area (Å²) < 4.78 is 12.4. The van der Waals surface area contributed by atoms with Gasteiger partial charge in [-0.15, -0.1) is 6.58 Å². The lowest BCUT2D eigenvalue weighted by molar-refractivity contribution is -0.0654. The molecular formula is C29H33ClN6O4. The van der Waals surface area contributed by atoms with E-state index in [1.54, 1.807) is 6.07 Å². The lowest BCUT2D eigenvalue weighted by Crippen LogP contribution is -2.38. The minimum atomic E-state index is -1.23. The first-order valence-corrected chi connectivity index (χ1v) is 14.2. The highest BCUT2D eigenvalue weighted by molar-refractivity contribution is 6.30. The number of H-pyrrole nitrogens is 1. The Balaban J connectivity index is 1.56. The normalized spacial score (nSPS) is 21.9. The number of nitrogens with zero attached hydrogens (tertiary/aromatic N) is 5. The van der Waals surface area contributed by atoms with Gasteiger partial charge in [0.1, 0.15) is 22.6 Å². The van der Waals surface area contributed by atoms with Crippen LogP contribution in [0.5, 0.6) is 0 Å². The summed E-state index contributed by atoms with van der Waals surface area (Å²) in [5, 5.41) is 16.5. The number of allylic oxidation sites excluding steroid dienone is 1. The molecule has 1 aliphatic heterocycles. The van der Waals surface area contributed by atoms with Crippen LogP contribution in [-0.4, -0.2) is 48.0 Å². The SMILES string of the molecule is C=C[C@H]1CC[C@H](Cn2c(C(C)(O)C3CCOCC3)nc3nc(-c4noc(=O)[nH]4)nc(-c4cccc(Cl)c4)c32)CC1. The largest absolute Gasteiger partial charge is 0.439 e. The van der Waals surface area contributed by atoms with E-state index in [1.807, 2.05) is 25.1 Å². The number of imidazole rings is 1. The Morgan fingerprint density at radius 2 is 1.95 bits per heavy atom. The highest BCUT2D eigenvalue weighted by atomic mass is 35.5. The molecule has 4 aromatic rings. The van der Waals surface area contributed by atoms with Crippen molar-refractivity contribution in [3.63, 3.8) is 0 Å². The van der Waals surface area contributed by atoms with Crippen LogP contribution in [0.2, 0.25) is 5.02 Å². The Labute approximate surface area is 236 Å². The maximum atomic E-state index is 12.1. The van der Waals surface area contributed by atoms with Crippen molar-refractivity contribution >= 4 is 22.8 Å². The number of hydrogen-bond donors (Lipinski definition) is 2. The Morgan fingerprint density at radius 3 is 2.62 bits per heavy atom. The van der Waals surface area contributed by atoms with Crippen LogP contribution in [0.1, 0.15) is 51.3 Å². The summed E-state index contributed by atoms with van der Waals surface area (Å²) in [6.45, 7) is 7.71. The highest BCUT2D eigenvalue weighted by Crippen LogP contribution is 2.40. The molecule has 0 spiro atoms. The van der Waals surface area contributed by atoms with E-state index in [1.165, 1.54) is 0 Å². The number of aliphatic hydroxyl groups is 1. The maximum absolute atomic E-state index is 12.1. The molecule has 0 bridgehead atoms. The number of ether oxygens (including phenoxy) is 1. The second kappa shape index (κ2) is 10.9. The van der Waals surface area contributed by atoms with Crippen LogP contribution in [-0.2, 0) is 16.9 Å². The maximum Gasteiger partial charge on any atom is 0.439 e. The fourth-order valence-corrected chi connectivity index (χ4v) is 6.37. The fraction of sp³-hybridized carbons (Fsp3) is 0.483. The quantitative estimate of drug-likeness (QED) is 0.296. The van der Waals surface area contributed by atoms with Crippen molar-refractivity contribution < 1.29 is 14.4 Å². The van der Waals surface area contributed by atoms with Crippen LogP contribution in [0, 0.1) is 17.8 Å². The lowest BCUT2D eigenvalue weighted by atomic mass is 9.81. The van der Waals surface area contributed by atoms with E-state index in [0.717, 1.165) is 44.1 Å². The molecule has 2 aliphatic rings. The number of nitrogens with one attached hydrogen (secondary N) is 1. The first-order valence-electron chi connectivity index (χ1n) is 13.9. The number of halogens is 1. The Kier molecular flexibility index (Phi) is 7.33. The summed E-state index contributed by atoms with van der Waals surface area (Å²) in [5.41, 5.74) is 1.25. The van der Waals surface area contributed by atoms with E-state index < -0.39 is 11.4 Å². The summed E-state index contributed by atoms with van der Waals surface area (Å²) in [4.78, 5) is 28.8. The van der Waals surface area contributed by atoms with E-state index in [9.17, 15) is 9.90 Å². The van der Waals surface area contributed by atoms with Gasteiger partial charge in [0.05, 0.1) is 0 Å². The minimum absolute atomic E-state index is 0.0257. The second-order valence-electron chi connectivity index (χ2n) is 11.1. The molecule has 10 nitrogen and oxygen atoms in total. The zero-order valence-corrected chi connectivity index (χ0v) is 23.2. The lowest BCUT2D eigenvalue weighted by Gasteiger charge is -2.36. The molecule has 1 aromatic carbocycles. The van der Waals surface area contributed by atoms with Gasteiger partial charge in [-0.3, -0.25) is 9.51 Å². The molecule has 1 unspecified atom stereocenters. The van der Waals surface area contributed by atoms with Crippen LogP contribution in [0.4, 0.5) is 0 Å². The molecule has 4 heterocycles. The molecule has 2 N–H and O–H groups in total. The molecular weight excluding hydrogens is 532 g/mol. The minimum Gasteiger partial charge on any atom is -0.382 e. The van der Waals surface area contributed by atoms with Gasteiger partial charge in [0, 0.05) is 30.3 Å². The van der Waals surface area contributed by atoms with E-state index in [0.29, 0.717) is 59.3 Å². The molecule has 6 rings (SSSR count). The van der Waals surface area contributed by atoms with Crippen LogP contribution >= 0.6 is 11.6 Å². The van der Waals surface area contributed by atoms with Crippen LogP contribution in [0.25, 0.3) is 34.1 Å². The summed E-state index contributed by atoms with van der Waals surface area (Å²) in [5.74, 6) is 1.04. The molecule has 1 saturated carbocycles. The number of fused-ring (bicyclic) bond motifs is 1. The fourth-order valence-electron chi connectivity index (χ4n) is 6.18. The Morgan fingerprint density at radius 1 is 1.18 bits per heavy atom. The van der Waals surface area contributed by atoms with E-state index in [4.69, 9.17) is 35.8 Å². The Hall–Kier alpha value is -3.34. The third-order valence-corrected chi connectivity index (χ3v) is 8.72. The van der Waals surface area contributed by atoms with Crippen molar-refractivity contribution in [2.75, 3.05) is 13.2 Å². The number of benzene rings is 1. The van der Waals surface area contributed by atoms with Crippen molar-refractivity contribution in [3.05, 3.63) is 58.3 Å². The van der Waals surface area contributed by atoms with Crippen LogP contribution in [0.15, 0.2) is 46.2 Å². The first kappa shape index (κ1) is 26.9. The molecule has 1 aliphatic carbocycles. The van der Waals surface area contributed by atoms with Gasteiger partial charge in [0.2, 0.25) is 11.6 Å². The van der Waals surface area contributed by atoms with E-state index in [-0.39, 0.29) is 17.6 Å². The van der Waals surface area contributed by atoms with Crippen molar-refractivity contribution in [1.82, 2.24) is 29.7 Å². The molecule has 1 atom stereocenters. The predicted molar refractivity (Wildman–Crippen MR) is 151 cm³/mol. The zero-order chi connectivity index (χ0) is 27.9. The molecule has 40 heavy (non-hydrogen) atoms. The predicted octanol–water partition coefficient (Wildman–Crippen LogP) is 5.12. The second-order valence-corrected chi connectivity index (χ2v) is 11.6. The van der Waals surface area contributed by atoms with Crippen molar-refractivity contribution in [3.8, 4) is 22.9 Å². The van der Waals surface area contributed by atoms with Gasteiger partial charge >= 0.3 is 5.76 Å². The zero-order valence-electron chi connectivity index (χ0n) is 22.5. The molecule has 0 radical (unpaired) electrons. The average molecular weight is 565 g/mol. The third-order valence-electron chi connectivity index (χ3n) is 8.49. The number of aromatic amines is 1. The van der Waals surface area contributed by atoms with E-state index >= 15 is 0 Å². The van der Waals surface area contributed by atoms with Gasteiger partial charge in [-0.1, -0.05) is 35.0 Å². The van der Waals surface area contributed by atoms with Gasteiger partial charge in [0.25, 0.3) is 0 Å². The molecule has 0 amide bonds. The van der Waals surface area contributed by atoms with Gasteiger partial charge in [0.15, 0.2) is 5.65 Å². The van der Waals surface area contributed by atoms with Gasteiger partial charge in [-0.25, -0.2) is 19.7 Å². The van der Waals surface area contributed by atoms with Crippen molar-refractivity contribution in [2.45, 2.75) is 57.6 Å². The smallest absolute Gasteiger partial charge is 0.382 e.